The van der Waals surface area contributed by atoms with Crippen molar-refractivity contribution >= 4 is 11.6 Å². The highest BCUT2D eigenvalue weighted by atomic mass is 16.2. The maximum atomic E-state index is 11.7. The highest BCUT2D eigenvalue weighted by molar-refractivity contribution is 5.95. The molecule has 0 spiro atoms. The van der Waals surface area contributed by atoms with Crippen LogP contribution in [0.3, 0.4) is 0 Å². The minimum atomic E-state index is -0.00664. The van der Waals surface area contributed by atoms with Gasteiger partial charge < -0.3 is 15.5 Å². The molecule has 0 aliphatic carbocycles. The zero-order valence-electron chi connectivity index (χ0n) is 11.6. The molecular formula is C15H21N3O. The van der Waals surface area contributed by atoms with Crippen LogP contribution in [0, 0.1) is 0 Å². The van der Waals surface area contributed by atoms with Gasteiger partial charge in [0.2, 0.25) is 5.91 Å². The predicted molar refractivity (Wildman–Crippen MR) is 76.4 cm³/mol. The molecule has 1 aromatic carbocycles. The molecule has 1 saturated heterocycles. The summed E-state index contributed by atoms with van der Waals surface area (Å²) in [4.78, 5) is 13.5. The SMILES string of the molecule is CN1C(=O)CCc2cc(C3(C)CNCCN3)ccc21. The Morgan fingerprint density at radius 3 is 2.84 bits per heavy atom. The number of nitrogens with one attached hydrogen (secondary N) is 2. The fourth-order valence-electron chi connectivity index (χ4n) is 3.03. The molecule has 3 rings (SSSR count). The second kappa shape index (κ2) is 4.62. The van der Waals surface area contributed by atoms with Gasteiger partial charge in [0.15, 0.2) is 0 Å². The maximum Gasteiger partial charge on any atom is 0.227 e. The minimum absolute atomic E-state index is 0.00664. The molecule has 2 aliphatic heterocycles. The van der Waals surface area contributed by atoms with Gasteiger partial charge in [0.25, 0.3) is 0 Å². The molecule has 0 bridgehead atoms. The number of piperazine rings is 1. The summed E-state index contributed by atoms with van der Waals surface area (Å²) in [5.74, 6) is 0.212. The highest BCUT2D eigenvalue weighted by Crippen LogP contribution is 2.31. The highest BCUT2D eigenvalue weighted by Gasteiger charge is 2.30. The van der Waals surface area contributed by atoms with E-state index in [0.717, 1.165) is 31.7 Å². The summed E-state index contributed by atoms with van der Waals surface area (Å²) < 4.78 is 0. The third-order valence-corrected chi connectivity index (χ3v) is 4.36. The summed E-state index contributed by atoms with van der Waals surface area (Å²) in [6.45, 7) is 5.20. The van der Waals surface area contributed by atoms with Crippen molar-refractivity contribution in [2.24, 2.45) is 0 Å². The second-order valence-electron chi connectivity index (χ2n) is 5.73. The lowest BCUT2D eigenvalue weighted by Crippen LogP contribution is -2.55. The molecule has 4 heteroatoms. The van der Waals surface area contributed by atoms with Gasteiger partial charge in [0.1, 0.15) is 0 Å². The van der Waals surface area contributed by atoms with Crippen LogP contribution in [0.5, 0.6) is 0 Å². The number of rotatable bonds is 1. The van der Waals surface area contributed by atoms with Gasteiger partial charge in [-0.1, -0.05) is 12.1 Å². The van der Waals surface area contributed by atoms with Crippen molar-refractivity contribution in [1.29, 1.82) is 0 Å². The number of fused-ring (bicyclic) bond motifs is 1. The number of carbonyl (C=O) groups is 1. The third-order valence-electron chi connectivity index (χ3n) is 4.36. The van der Waals surface area contributed by atoms with Gasteiger partial charge in [0.05, 0.1) is 5.54 Å². The standard InChI is InChI=1S/C15H21N3O/c1-15(10-16-7-8-17-15)12-4-5-13-11(9-12)3-6-14(19)18(13)2/h4-5,9,16-17H,3,6-8,10H2,1-2H3. The van der Waals surface area contributed by atoms with Crippen LogP contribution >= 0.6 is 0 Å². The van der Waals surface area contributed by atoms with Crippen molar-refractivity contribution in [2.45, 2.75) is 25.3 Å². The van der Waals surface area contributed by atoms with Crippen LogP contribution in [0.4, 0.5) is 5.69 Å². The molecule has 2 heterocycles. The topological polar surface area (TPSA) is 44.4 Å². The molecule has 0 saturated carbocycles. The number of nitrogens with zero attached hydrogens (tertiary/aromatic N) is 1. The third kappa shape index (κ3) is 2.15. The molecule has 19 heavy (non-hydrogen) atoms. The summed E-state index contributed by atoms with van der Waals surface area (Å²) in [6.07, 6.45) is 1.48. The zero-order valence-corrected chi connectivity index (χ0v) is 11.6. The van der Waals surface area contributed by atoms with Gasteiger partial charge in [0, 0.05) is 38.8 Å². The van der Waals surface area contributed by atoms with E-state index >= 15 is 0 Å². The molecule has 2 aliphatic rings. The Kier molecular flexibility index (Phi) is 3.07. The number of hydrogen-bond donors (Lipinski definition) is 2. The van der Waals surface area contributed by atoms with E-state index in [4.69, 9.17) is 0 Å². The van der Waals surface area contributed by atoms with E-state index in [2.05, 4.69) is 35.8 Å². The number of carbonyl (C=O) groups excluding carboxylic acids is 1. The van der Waals surface area contributed by atoms with E-state index in [1.54, 1.807) is 4.90 Å². The Balaban J connectivity index is 1.95. The van der Waals surface area contributed by atoms with Crippen molar-refractivity contribution < 1.29 is 4.79 Å². The van der Waals surface area contributed by atoms with Crippen molar-refractivity contribution in [3.63, 3.8) is 0 Å². The molecule has 2 N–H and O–H groups in total. The van der Waals surface area contributed by atoms with Gasteiger partial charge in [-0.15, -0.1) is 0 Å². The molecule has 0 radical (unpaired) electrons. The van der Waals surface area contributed by atoms with E-state index in [1.165, 1.54) is 11.1 Å². The number of anilines is 1. The zero-order chi connectivity index (χ0) is 13.5. The summed E-state index contributed by atoms with van der Waals surface area (Å²) in [5.41, 5.74) is 3.65. The van der Waals surface area contributed by atoms with E-state index in [1.807, 2.05) is 7.05 Å². The summed E-state index contributed by atoms with van der Waals surface area (Å²) in [6, 6.07) is 6.50. The van der Waals surface area contributed by atoms with Crippen LogP contribution in [0.2, 0.25) is 0 Å². The van der Waals surface area contributed by atoms with Crippen molar-refractivity contribution in [3.05, 3.63) is 29.3 Å². The van der Waals surface area contributed by atoms with Crippen molar-refractivity contribution in [1.82, 2.24) is 10.6 Å². The van der Waals surface area contributed by atoms with Crippen LogP contribution in [0.25, 0.3) is 0 Å². The number of benzene rings is 1. The van der Waals surface area contributed by atoms with E-state index in [9.17, 15) is 4.79 Å². The molecule has 1 aromatic rings. The monoisotopic (exact) mass is 259 g/mol. The van der Waals surface area contributed by atoms with Gasteiger partial charge in [-0.2, -0.15) is 0 Å². The largest absolute Gasteiger partial charge is 0.315 e. The van der Waals surface area contributed by atoms with E-state index < -0.39 is 0 Å². The fraction of sp³-hybridized carbons (Fsp3) is 0.533. The van der Waals surface area contributed by atoms with Gasteiger partial charge in [-0.25, -0.2) is 0 Å². The normalized spacial score (nSPS) is 27.3. The summed E-state index contributed by atoms with van der Waals surface area (Å²) in [5, 5.41) is 7.04. The Morgan fingerprint density at radius 2 is 2.11 bits per heavy atom. The Hall–Kier alpha value is -1.39. The molecule has 4 nitrogen and oxygen atoms in total. The first-order valence-electron chi connectivity index (χ1n) is 6.96. The Labute approximate surface area is 114 Å². The van der Waals surface area contributed by atoms with E-state index in [-0.39, 0.29) is 11.4 Å². The summed E-state index contributed by atoms with van der Waals surface area (Å²) in [7, 11) is 1.86. The first-order valence-corrected chi connectivity index (χ1v) is 6.96. The molecule has 0 aromatic heterocycles. The number of aryl methyl sites for hydroxylation is 1. The predicted octanol–water partition coefficient (Wildman–Crippen LogP) is 1.00. The molecule has 102 valence electrons. The smallest absolute Gasteiger partial charge is 0.227 e. The van der Waals surface area contributed by atoms with Gasteiger partial charge >= 0.3 is 0 Å². The molecule has 1 unspecified atom stereocenters. The van der Waals surface area contributed by atoms with Crippen molar-refractivity contribution in [2.75, 3.05) is 31.6 Å². The minimum Gasteiger partial charge on any atom is -0.315 e. The fourth-order valence-corrected chi connectivity index (χ4v) is 3.03. The quantitative estimate of drug-likeness (QED) is 0.791. The molecule has 1 amide bonds. The van der Waals surface area contributed by atoms with Gasteiger partial charge in [-0.05, 0) is 30.5 Å². The molecule has 1 atom stereocenters. The number of hydrogen-bond acceptors (Lipinski definition) is 3. The average molecular weight is 259 g/mol. The molecular weight excluding hydrogens is 238 g/mol. The lowest BCUT2D eigenvalue weighted by atomic mass is 9.87. The maximum absolute atomic E-state index is 11.7. The lowest BCUT2D eigenvalue weighted by Gasteiger charge is -2.37. The van der Waals surface area contributed by atoms with E-state index in [0.29, 0.717) is 6.42 Å². The number of amides is 1. The second-order valence-corrected chi connectivity index (χ2v) is 5.73. The first-order chi connectivity index (χ1) is 9.10. The van der Waals surface area contributed by atoms with Crippen LogP contribution in [0.15, 0.2) is 18.2 Å². The molecule has 1 fully saturated rings. The van der Waals surface area contributed by atoms with Gasteiger partial charge in [-0.3, -0.25) is 4.79 Å². The van der Waals surface area contributed by atoms with Crippen LogP contribution in [0.1, 0.15) is 24.5 Å². The Morgan fingerprint density at radius 1 is 1.26 bits per heavy atom. The first kappa shape index (κ1) is 12.6. The summed E-state index contributed by atoms with van der Waals surface area (Å²) >= 11 is 0. The van der Waals surface area contributed by atoms with Crippen molar-refractivity contribution in [3.8, 4) is 0 Å². The lowest BCUT2D eigenvalue weighted by molar-refractivity contribution is -0.118. The van der Waals surface area contributed by atoms with Crippen LogP contribution in [-0.4, -0.2) is 32.6 Å². The Bertz CT molecular complexity index is 506. The van der Waals surface area contributed by atoms with Crippen LogP contribution in [-0.2, 0) is 16.8 Å². The van der Waals surface area contributed by atoms with Crippen LogP contribution < -0.4 is 15.5 Å². The average Bonchev–Trinajstić information content (AvgIpc) is 2.43.